The Balaban J connectivity index is 2.33. The minimum Gasteiger partial charge on any atom is -0.495 e. The van der Waals surface area contributed by atoms with Gasteiger partial charge in [-0.05, 0) is 22.2 Å². The smallest absolute Gasteiger partial charge is 0.204 e. The summed E-state index contributed by atoms with van der Waals surface area (Å²) < 4.78 is 12.3. The third kappa shape index (κ3) is 2.55. The van der Waals surface area contributed by atoms with Crippen LogP contribution >= 0.6 is 0 Å². The molecule has 0 amide bonds. The van der Waals surface area contributed by atoms with Crippen molar-refractivity contribution in [3.05, 3.63) is 24.5 Å². The van der Waals surface area contributed by atoms with E-state index in [9.17, 15) is 0 Å². The van der Waals surface area contributed by atoms with Crippen LogP contribution in [0.3, 0.4) is 0 Å². The largest absolute Gasteiger partial charge is 0.495 e. The van der Waals surface area contributed by atoms with Crippen LogP contribution in [0.25, 0.3) is 0 Å². The van der Waals surface area contributed by atoms with Gasteiger partial charge in [-0.15, -0.1) is 0 Å². The third-order valence-corrected chi connectivity index (χ3v) is 11.3. The molecule has 0 N–H and O–H groups in total. The maximum Gasteiger partial charge on any atom is 0.204 e. The normalized spacial score (nSPS) is 30.4. The quantitative estimate of drug-likeness (QED) is 0.601. The lowest BCUT2D eigenvalue weighted by molar-refractivity contribution is 0.0324. The van der Waals surface area contributed by atoms with Gasteiger partial charge in [-0.25, -0.2) is 0 Å². The summed E-state index contributed by atoms with van der Waals surface area (Å²) >= 11 is 0. The second-order valence-corrected chi connectivity index (χ2v) is 13.2. The standard InChI is InChI=1S/C16H28O2Si/c1-15(2,3)19(16(4,5)6)12-13-9-7-8-10-17-14(13)11-18-19/h7-10,13-14H,11-12H2,1-6H3/t13-,14+/m0/s1. The Labute approximate surface area is 119 Å². The van der Waals surface area contributed by atoms with Gasteiger partial charge in [0.05, 0.1) is 12.9 Å². The van der Waals surface area contributed by atoms with E-state index >= 15 is 0 Å². The van der Waals surface area contributed by atoms with Gasteiger partial charge in [0, 0.05) is 5.92 Å². The summed E-state index contributed by atoms with van der Waals surface area (Å²) in [6.45, 7) is 14.8. The Kier molecular flexibility index (Phi) is 3.74. The van der Waals surface area contributed by atoms with E-state index in [4.69, 9.17) is 9.16 Å². The number of hydrogen-bond donors (Lipinski definition) is 0. The van der Waals surface area contributed by atoms with E-state index in [0.29, 0.717) is 5.92 Å². The van der Waals surface area contributed by atoms with Crippen LogP contribution in [-0.2, 0) is 9.16 Å². The van der Waals surface area contributed by atoms with Crippen LogP contribution < -0.4 is 0 Å². The predicted octanol–water partition coefficient (Wildman–Crippen LogP) is 4.65. The summed E-state index contributed by atoms with van der Waals surface area (Å²) in [4.78, 5) is 0. The van der Waals surface area contributed by atoms with E-state index in [-0.39, 0.29) is 16.2 Å². The molecular formula is C16H28O2Si. The summed E-state index contributed by atoms with van der Waals surface area (Å²) in [7, 11) is -1.88. The Morgan fingerprint density at radius 1 is 1.00 bits per heavy atom. The highest BCUT2D eigenvalue weighted by Crippen LogP contribution is 2.57. The molecule has 2 aliphatic rings. The number of fused-ring (bicyclic) bond motifs is 1. The first kappa shape index (κ1) is 14.9. The van der Waals surface area contributed by atoms with Crippen molar-refractivity contribution in [3.63, 3.8) is 0 Å². The molecule has 0 aromatic carbocycles. The van der Waals surface area contributed by atoms with E-state index in [1.54, 1.807) is 6.26 Å². The third-order valence-electron chi connectivity index (χ3n) is 4.72. The van der Waals surface area contributed by atoms with Gasteiger partial charge in [-0.3, -0.25) is 0 Å². The molecule has 0 unspecified atom stereocenters. The van der Waals surface area contributed by atoms with Crippen molar-refractivity contribution in [1.82, 2.24) is 0 Å². The van der Waals surface area contributed by atoms with Crippen molar-refractivity contribution in [1.29, 1.82) is 0 Å². The van der Waals surface area contributed by atoms with Gasteiger partial charge >= 0.3 is 0 Å². The second kappa shape index (κ2) is 4.78. The van der Waals surface area contributed by atoms with Crippen molar-refractivity contribution in [3.8, 4) is 0 Å². The molecular weight excluding hydrogens is 252 g/mol. The van der Waals surface area contributed by atoms with Crippen LogP contribution in [0.15, 0.2) is 24.5 Å². The summed E-state index contributed by atoms with van der Waals surface area (Å²) in [5.41, 5.74) is 0. The van der Waals surface area contributed by atoms with Gasteiger partial charge in [-0.2, -0.15) is 0 Å². The van der Waals surface area contributed by atoms with Crippen molar-refractivity contribution in [2.75, 3.05) is 6.61 Å². The second-order valence-electron chi connectivity index (χ2n) is 7.89. The first-order valence-corrected chi connectivity index (χ1v) is 9.42. The molecule has 2 heterocycles. The molecule has 2 nitrogen and oxygen atoms in total. The minimum atomic E-state index is -1.88. The van der Waals surface area contributed by atoms with E-state index < -0.39 is 8.32 Å². The average Bonchev–Trinajstić information content (AvgIpc) is 2.49. The zero-order valence-electron chi connectivity index (χ0n) is 13.2. The molecule has 2 rings (SSSR count). The van der Waals surface area contributed by atoms with Crippen LogP contribution in [0.2, 0.25) is 16.1 Å². The van der Waals surface area contributed by atoms with Crippen molar-refractivity contribution < 1.29 is 9.16 Å². The van der Waals surface area contributed by atoms with Gasteiger partial charge in [0.1, 0.15) is 6.10 Å². The summed E-state index contributed by atoms with van der Waals surface area (Å²) in [6, 6.07) is 1.16. The fourth-order valence-electron chi connectivity index (χ4n) is 3.77. The van der Waals surface area contributed by atoms with Crippen LogP contribution in [0.1, 0.15) is 41.5 Å². The highest BCUT2D eigenvalue weighted by Gasteiger charge is 2.58. The van der Waals surface area contributed by atoms with Crippen LogP contribution in [0, 0.1) is 5.92 Å². The molecule has 2 aliphatic heterocycles. The van der Waals surface area contributed by atoms with Gasteiger partial charge in [0.2, 0.25) is 8.32 Å². The molecule has 0 radical (unpaired) electrons. The number of rotatable bonds is 0. The summed E-state index contributed by atoms with van der Waals surface area (Å²) in [5, 5.41) is 0.480. The number of hydrogen-bond acceptors (Lipinski definition) is 2. The van der Waals surface area contributed by atoms with Gasteiger partial charge in [-0.1, -0.05) is 53.7 Å². The Bertz CT molecular complexity index is 371. The van der Waals surface area contributed by atoms with Gasteiger partial charge in [0.15, 0.2) is 0 Å². The molecule has 0 bridgehead atoms. The molecule has 0 aliphatic carbocycles. The Morgan fingerprint density at radius 3 is 2.21 bits per heavy atom. The van der Waals surface area contributed by atoms with E-state index in [2.05, 4.69) is 53.7 Å². The molecule has 19 heavy (non-hydrogen) atoms. The van der Waals surface area contributed by atoms with Gasteiger partial charge in [0.25, 0.3) is 0 Å². The lowest BCUT2D eigenvalue weighted by Crippen LogP contribution is -2.60. The molecule has 2 atom stereocenters. The highest BCUT2D eigenvalue weighted by atomic mass is 28.4. The summed E-state index contributed by atoms with van der Waals surface area (Å²) in [5.74, 6) is 0.494. The zero-order valence-corrected chi connectivity index (χ0v) is 14.2. The molecule has 1 fully saturated rings. The van der Waals surface area contributed by atoms with Gasteiger partial charge < -0.3 is 9.16 Å². The van der Waals surface area contributed by atoms with E-state index in [1.165, 1.54) is 0 Å². The SMILES string of the molecule is CC(C)(C)[Si]1(C(C)(C)C)C[C@@H]2C=CC=CO[C@@H]2CO1. The Morgan fingerprint density at radius 2 is 1.63 bits per heavy atom. The average molecular weight is 280 g/mol. The maximum absolute atomic E-state index is 6.57. The highest BCUT2D eigenvalue weighted by molar-refractivity contribution is 6.79. The first-order chi connectivity index (χ1) is 8.67. The fraction of sp³-hybridized carbons (Fsp3) is 0.750. The summed E-state index contributed by atoms with van der Waals surface area (Å²) in [6.07, 6.45) is 8.42. The number of ether oxygens (including phenoxy) is 1. The van der Waals surface area contributed by atoms with Crippen molar-refractivity contribution in [2.45, 2.75) is 63.8 Å². The van der Waals surface area contributed by atoms with Crippen molar-refractivity contribution in [2.24, 2.45) is 5.92 Å². The van der Waals surface area contributed by atoms with Crippen LogP contribution in [-0.4, -0.2) is 21.0 Å². The zero-order chi connectivity index (χ0) is 14.3. The lowest BCUT2D eigenvalue weighted by atomic mass is 10.0. The van der Waals surface area contributed by atoms with E-state index in [1.807, 2.05) is 6.08 Å². The molecule has 3 heteroatoms. The molecule has 0 aromatic heterocycles. The molecule has 0 saturated carbocycles. The first-order valence-electron chi connectivity index (χ1n) is 7.30. The van der Waals surface area contributed by atoms with Crippen LogP contribution in [0.4, 0.5) is 0 Å². The monoisotopic (exact) mass is 280 g/mol. The molecule has 1 saturated heterocycles. The molecule has 0 spiro atoms. The topological polar surface area (TPSA) is 18.5 Å². The van der Waals surface area contributed by atoms with Crippen LogP contribution in [0.5, 0.6) is 0 Å². The Hall–Kier alpha value is -0.543. The fourth-order valence-corrected chi connectivity index (χ4v) is 9.74. The predicted molar refractivity (Wildman–Crippen MR) is 82.6 cm³/mol. The minimum absolute atomic E-state index is 0.195. The number of allylic oxidation sites excluding steroid dienone is 2. The lowest BCUT2D eigenvalue weighted by Gasteiger charge is -2.55. The van der Waals surface area contributed by atoms with E-state index in [0.717, 1.165) is 12.7 Å². The maximum atomic E-state index is 6.57. The molecule has 0 aromatic rings. The van der Waals surface area contributed by atoms with Crippen molar-refractivity contribution >= 4 is 8.32 Å². The molecule has 108 valence electrons.